The Bertz CT molecular complexity index is 832. The van der Waals surface area contributed by atoms with E-state index >= 15 is 0 Å². The number of nitrogens with zero attached hydrogens (tertiary/aromatic N) is 1. The molecule has 0 fully saturated rings. The van der Waals surface area contributed by atoms with Gasteiger partial charge in [-0.25, -0.2) is 9.37 Å². The summed E-state index contributed by atoms with van der Waals surface area (Å²) >= 11 is 8.85. The van der Waals surface area contributed by atoms with Crippen molar-refractivity contribution in [2.24, 2.45) is 0 Å². The fourth-order valence-corrected chi connectivity index (χ4v) is 4.43. The van der Waals surface area contributed by atoms with Crippen LogP contribution in [0.25, 0.3) is 11.3 Å². The van der Waals surface area contributed by atoms with E-state index < -0.39 is 0 Å². The Labute approximate surface area is 152 Å². The number of thiazole rings is 1. The third kappa shape index (κ3) is 3.66. The lowest BCUT2D eigenvalue weighted by Crippen LogP contribution is -1.89. The van der Waals surface area contributed by atoms with Crippen molar-refractivity contribution in [3.05, 3.63) is 58.9 Å². The Morgan fingerprint density at radius 3 is 2.67 bits per heavy atom. The summed E-state index contributed by atoms with van der Waals surface area (Å²) in [6, 6.07) is 12.2. The molecule has 0 aliphatic carbocycles. The van der Waals surface area contributed by atoms with Crippen molar-refractivity contribution in [3.63, 3.8) is 0 Å². The van der Waals surface area contributed by atoms with Crippen LogP contribution in [0.2, 0.25) is 5.02 Å². The Morgan fingerprint density at radius 1 is 1.25 bits per heavy atom. The van der Waals surface area contributed by atoms with Gasteiger partial charge in [0.25, 0.3) is 0 Å². The van der Waals surface area contributed by atoms with E-state index in [0.717, 1.165) is 21.3 Å². The zero-order valence-electron chi connectivity index (χ0n) is 12.8. The summed E-state index contributed by atoms with van der Waals surface area (Å²) in [5.41, 5.74) is 8.20. The van der Waals surface area contributed by atoms with E-state index in [1.807, 2.05) is 24.3 Å². The molecule has 2 aromatic carbocycles. The molecule has 0 radical (unpaired) electrons. The molecule has 124 valence electrons. The Hall–Kier alpha value is -1.76. The standard InChI is InChI=1S/C17H14ClFN2OS2/c1-22-11-7-5-10(6-8-11)15-16(20)24-17(21-15)23-9-12-13(18)3-2-4-14(12)19/h2-8H,9,20H2,1H3. The molecule has 1 aromatic heterocycles. The summed E-state index contributed by atoms with van der Waals surface area (Å²) in [6.45, 7) is 0. The highest BCUT2D eigenvalue weighted by Gasteiger charge is 2.13. The first-order chi connectivity index (χ1) is 11.6. The number of ether oxygens (including phenoxy) is 1. The van der Waals surface area contributed by atoms with Gasteiger partial charge < -0.3 is 10.5 Å². The molecule has 0 spiro atoms. The lowest BCUT2D eigenvalue weighted by molar-refractivity contribution is 0.415. The van der Waals surface area contributed by atoms with E-state index in [2.05, 4.69) is 4.98 Å². The number of hydrogen-bond acceptors (Lipinski definition) is 5. The fourth-order valence-electron chi connectivity index (χ4n) is 2.13. The second-order valence-electron chi connectivity index (χ2n) is 4.91. The number of aromatic nitrogens is 1. The Balaban J connectivity index is 1.78. The summed E-state index contributed by atoms with van der Waals surface area (Å²) in [4.78, 5) is 4.56. The highest BCUT2D eigenvalue weighted by molar-refractivity contribution is 8.00. The molecule has 3 rings (SSSR count). The maximum Gasteiger partial charge on any atom is 0.152 e. The number of nitrogen functional groups attached to an aromatic ring is 1. The topological polar surface area (TPSA) is 48.1 Å². The molecule has 24 heavy (non-hydrogen) atoms. The summed E-state index contributed by atoms with van der Waals surface area (Å²) in [6.07, 6.45) is 0. The zero-order chi connectivity index (χ0) is 17.1. The SMILES string of the molecule is COc1ccc(-c2nc(SCc3c(F)cccc3Cl)sc2N)cc1. The monoisotopic (exact) mass is 380 g/mol. The summed E-state index contributed by atoms with van der Waals surface area (Å²) < 4.78 is 19.7. The van der Waals surface area contributed by atoms with E-state index in [1.165, 1.54) is 29.2 Å². The lowest BCUT2D eigenvalue weighted by Gasteiger charge is -2.03. The molecule has 0 unspecified atom stereocenters. The molecule has 0 amide bonds. The van der Waals surface area contributed by atoms with Crippen molar-refractivity contribution in [1.82, 2.24) is 4.98 Å². The van der Waals surface area contributed by atoms with Crippen LogP contribution in [0.4, 0.5) is 9.39 Å². The number of nitrogens with two attached hydrogens (primary N) is 1. The minimum Gasteiger partial charge on any atom is -0.497 e. The summed E-state index contributed by atoms with van der Waals surface area (Å²) in [5.74, 6) is 0.867. The molecule has 2 N–H and O–H groups in total. The van der Waals surface area contributed by atoms with E-state index in [4.69, 9.17) is 22.1 Å². The van der Waals surface area contributed by atoms with Crippen LogP contribution in [0.5, 0.6) is 5.75 Å². The van der Waals surface area contributed by atoms with Crippen LogP contribution in [-0.2, 0) is 5.75 Å². The summed E-state index contributed by atoms with van der Waals surface area (Å²) in [7, 11) is 1.62. The zero-order valence-corrected chi connectivity index (χ0v) is 15.1. The van der Waals surface area contributed by atoms with Gasteiger partial charge in [-0.15, -0.1) is 0 Å². The maximum absolute atomic E-state index is 13.8. The second-order valence-corrected chi connectivity index (χ2v) is 7.57. The molecule has 0 saturated carbocycles. The molecule has 0 aliphatic rings. The van der Waals surface area contributed by atoms with Gasteiger partial charge in [0.05, 0.1) is 7.11 Å². The Kier molecular flexibility index (Phi) is 5.28. The molecule has 0 aliphatic heterocycles. The minimum absolute atomic E-state index is 0.310. The second kappa shape index (κ2) is 7.42. The molecule has 0 bridgehead atoms. The first kappa shape index (κ1) is 17.1. The molecule has 0 atom stereocenters. The van der Waals surface area contributed by atoms with Crippen LogP contribution in [0.15, 0.2) is 46.8 Å². The van der Waals surface area contributed by atoms with Gasteiger partial charge in [-0.1, -0.05) is 40.8 Å². The van der Waals surface area contributed by atoms with Gasteiger partial charge in [-0.05, 0) is 36.4 Å². The first-order valence-corrected chi connectivity index (χ1v) is 9.23. The largest absolute Gasteiger partial charge is 0.497 e. The van der Waals surface area contributed by atoms with Crippen LogP contribution in [0.1, 0.15) is 5.56 Å². The van der Waals surface area contributed by atoms with Crippen molar-refractivity contribution in [1.29, 1.82) is 0 Å². The van der Waals surface area contributed by atoms with E-state index in [1.54, 1.807) is 19.2 Å². The van der Waals surface area contributed by atoms with E-state index in [0.29, 0.717) is 21.3 Å². The van der Waals surface area contributed by atoms with Gasteiger partial charge in [0.1, 0.15) is 22.3 Å². The van der Waals surface area contributed by atoms with Gasteiger partial charge >= 0.3 is 0 Å². The van der Waals surface area contributed by atoms with Crippen molar-refractivity contribution < 1.29 is 9.13 Å². The molecular formula is C17H14ClFN2OS2. The average Bonchev–Trinajstić information content (AvgIpc) is 2.95. The highest BCUT2D eigenvalue weighted by Crippen LogP contribution is 2.38. The lowest BCUT2D eigenvalue weighted by atomic mass is 10.1. The highest BCUT2D eigenvalue weighted by atomic mass is 35.5. The third-order valence-corrected chi connectivity index (χ3v) is 5.81. The minimum atomic E-state index is -0.310. The maximum atomic E-state index is 13.8. The van der Waals surface area contributed by atoms with E-state index in [-0.39, 0.29) is 5.82 Å². The van der Waals surface area contributed by atoms with Crippen molar-refractivity contribution in [2.45, 2.75) is 10.1 Å². The number of methoxy groups -OCH3 is 1. The number of rotatable bonds is 5. The smallest absolute Gasteiger partial charge is 0.152 e. The van der Waals surface area contributed by atoms with Crippen LogP contribution in [0, 0.1) is 5.82 Å². The van der Waals surface area contributed by atoms with Crippen molar-refractivity contribution >= 4 is 39.7 Å². The molecule has 0 saturated heterocycles. The Morgan fingerprint density at radius 2 is 2.00 bits per heavy atom. The van der Waals surface area contributed by atoms with Gasteiger partial charge in [0.2, 0.25) is 0 Å². The predicted molar refractivity (Wildman–Crippen MR) is 99.5 cm³/mol. The normalized spacial score (nSPS) is 10.8. The van der Waals surface area contributed by atoms with Gasteiger partial charge in [0.15, 0.2) is 4.34 Å². The number of halogens is 2. The molecule has 1 heterocycles. The fraction of sp³-hybridized carbons (Fsp3) is 0.118. The summed E-state index contributed by atoms with van der Waals surface area (Å²) in [5, 5.41) is 1.05. The number of hydrogen-bond donors (Lipinski definition) is 1. The van der Waals surface area contributed by atoms with Crippen molar-refractivity contribution in [3.8, 4) is 17.0 Å². The number of anilines is 1. The quantitative estimate of drug-likeness (QED) is 0.595. The van der Waals surface area contributed by atoms with Crippen LogP contribution in [0.3, 0.4) is 0 Å². The average molecular weight is 381 g/mol. The molecular weight excluding hydrogens is 367 g/mol. The van der Waals surface area contributed by atoms with Gasteiger partial charge in [-0.3, -0.25) is 0 Å². The van der Waals surface area contributed by atoms with Gasteiger partial charge in [-0.2, -0.15) is 0 Å². The van der Waals surface area contributed by atoms with Crippen LogP contribution in [-0.4, -0.2) is 12.1 Å². The molecule has 3 nitrogen and oxygen atoms in total. The molecule has 3 aromatic rings. The predicted octanol–water partition coefficient (Wildman–Crippen LogP) is 5.49. The third-order valence-electron chi connectivity index (χ3n) is 3.40. The molecule has 7 heteroatoms. The van der Waals surface area contributed by atoms with Crippen LogP contribution < -0.4 is 10.5 Å². The van der Waals surface area contributed by atoms with E-state index in [9.17, 15) is 4.39 Å². The van der Waals surface area contributed by atoms with Gasteiger partial charge in [0, 0.05) is 21.9 Å². The van der Waals surface area contributed by atoms with Crippen molar-refractivity contribution in [2.75, 3.05) is 12.8 Å². The number of thioether (sulfide) groups is 1. The first-order valence-electron chi connectivity index (χ1n) is 7.05. The number of benzene rings is 2. The van der Waals surface area contributed by atoms with Crippen LogP contribution >= 0.6 is 34.7 Å².